The second-order valence-electron chi connectivity index (χ2n) is 12.3. The average Bonchev–Trinajstić information content (AvgIpc) is 3.50. The number of piperazine rings is 1. The summed E-state index contributed by atoms with van der Waals surface area (Å²) in [5.74, 6) is -0.184. The number of hydrogen-bond donors (Lipinski definition) is 1. The van der Waals surface area contributed by atoms with Gasteiger partial charge in [0.05, 0.1) is 30.4 Å². The molecule has 13 heteroatoms. The van der Waals surface area contributed by atoms with Crippen LogP contribution in [0.5, 0.6) is 5.75 Å². The molecule has 1 amide bonds. The van der Waals surface area contributed by atoms with Crippen molar-refractivity contribution in [2.45, 2.75) is 31.7 Å². The summed E-state index contributed by atoms with van der Waals surface area (Å²) in [4.78, 5) is 25.8. The first-order chi connectivity index (χ1) is 24.0. The van der Waals surface area contributed by atoms with Crippen LogP contribution in [0.1, 0.15) is 57.2 Å². The highest BCUT2D eigenvalue weighted by Crippen LogP contribution is 2.46. The van der Waals surface area contributed by atoms with Crippen LogP contribution in [0.2, 0.25) is 10.0 Å². The fraction of sp³-hybridized carbons (Fsp3) is 0.316. The quantitative estimate of drug-likeness (QED) is 0.176. The lowest BCUT2D eigenvalue weighted by atomic mass is 9.93. The molecule has 1 N–H and O–H groups in total. The predicted octanol–water partition coefficient (Wildman–Crippen LogP) is 8.33. The summed E-state index contributed by atoms with van der Waals surface area (Å²) >= 11 is 12.5. The van der Waals surface area contributed by atoms with Crippen molar-refractivity contribution in [3.05, 3.63) is 134 Å². The molecule has 1 fully saturated rings. The zero-order valence-electron chi connectivity index (χ0n) is 27.8. The molecule has 4 aromatic rings. The van der Waals surface area contributed by atoms with Crippen LogP contribution in [0.3, 0.4) is 0 Å². The largest absolute Gasteiger partial charge is 0.493 e. The molecular weight excluding hydrogens is 724 g/mol. The van der Waals surface area contributed by atoms with Gasteiger partial charge in [-0.15, -0.1) is 12.4 Å². The number of β-amino-alcohol motifs (C(OH)–C–C–N with tert-alkyl or cyclic N) is 1. The van der Waals surface area contributed by atoms with Gasteiger partial charge in [0.1, 0.15) is 17.6 Å². The van der Waals surface area contributed by atoms with Crippen molar-refractivity contribution in [3.8, 4) is 5.75 Å². The van der Waals surface area contributed by atoms with Crippen molar-refractivity contribution in [2.24, 2.45) is 4.99 Å². The first kappa shape index (κ1) is 38.6. The summed E-state index contributed by atoms with van der Waals surface area (Å²) in [6.07, 6.45) is -4.64. The van der Waals surface area contributed by atoms with E-state index in [1.54, 1.807) is 67.6 Å². The highest BCUT2D eigenvalue weighted by atomic mass is 35.5. The number of alkyl halides is 3. The van der Waals surface area contributed by atoms with Gasteiger partial charge in [-0.3, -0.25) is 24.5 Å². The number of ether oxygens (including phenoxy) is 1. The van der Waals surface area contributed by atoms with Gasteiger partial charge in [0.15, 0.2) is 0 Å². The van der Waals surface area contributed by atoms with Gasteiger partial charge in [-0.25, -0.2) is 0 Å². The van der Waals surface area contributed by atoms with Crippen molar-refractivity contribution in [2.75, 3.05) is 45.9 Å². The summed E-state index contributed by atoms with van der Waals surface area (Å²) < 4.78 is 48.2. The average molecular weight is 762 g/mol. The number of hydrogen-bond acceptors (Lipinski definition) is 6. The Morgan fingerprint density at radius 2 is 1.45 bits per heavy atom. The van der Waals surface area contributed by atoms with E-state index in [1.165, 1.54) is 11.0 Å². The van der Waals surface area contributed by atoms with Crippen molar-refractivity contribution in [1.82, 2.24) is 14.7 Å². The van der Waals surface area contributed by atoms with Gasteiger partial charge in [0.2, 0.25) is 0 Å². The molecule has 0 saturated carbocycles. The minimum absolute atomic E-state index is 0. The number of aliphatic imine (C=N–C) groups is 1. The number of halogens is 6. The standard InChI is InChI=1S/C38H37Cl2F3N4O3.ClH/c1-2-50-33-16-11-29(38(41,42)43)23-32(33)36-44-34(26-7-12-30(39)13-8-26)35(27-9-14-31(40)15-10-27)47(36)37(49)28-5-3-25(4-6-28)24-46-19-17-45(18-20-46)21-22-48;/h3-16,23,34-35,48H,2,17-22,24H2,1H3;1H. The number of aliphatic hydroxyl groups excluding tert-OH is 1. The zero-order chi connectivity index (χ0) is 35.4. The number of aliphatic hydroxyl groups is 1. The summed E-state index contributed by atoms with van der Waals surface area (Å²) in [5, 5.41) is 10.3. The number of rotatable bonds is 10. The van der Waals surface area contributed by atoms with Gasteiger partial charge in [0, 0.05) is 54.9 Å². The number of amidine groups is 1. The number of carbonyl (C=O) groups is 1. The van der Waals surface area contributed by atoms with E-state index < -0.39 is 29.7 Å². The van der Waals surface area contributed by atoms with Gasteiger partial charge >= 0.3 is 6.18 Å². The number of amides is 1. The van der Waals surface area contributed by atoms with Gasteiger partial charge in [-0.2, -0.15) is 13.2 Å². The fourth-order valence-electron chi connectivity index (χ4n) is 6.49. The third-order valence-corrected chi connectivity index (χ3v) is 9.55. The summed E-state index contributed by atoms with van der Waals surface area (Å²) in [6, 6.07) is 23.2. The number of carbonyl (C=O) groups excluding carboxylic acids is 1. The van der Waals surface area contributed by atoms with E-state index in [-0.39, 0.29) is 42.8 Å². The van der Waals surface area contributed by atoms with Crippen LogP contribution in [-0.4, -0.2) is 77.5 Å². The second-order valence-corrected chi connectivity index (χ2v) is 13.2. The Kier molecular flexibility index (Phi) is 12.7. The molecule has 2 aliphatic heterocycles. The Balaban J connectivity index is 0.00000504. The van der Waals surface area contributed by atoms with Crippen molar-refractivity contribution in [1.29, 1.82) is 0 Å². The smallest absolute Gasteiger partial charge is 0.416 e. The molecule has 2 aliphatic rings. The van der Waals surface area contributed by atoms with Gasteiger partial charge < -0.3 is 9.84 Å². The van der Waals surface area contributed by atoms with E-state index in [1.807, 2.05) is 12.1 Å². The monoisotopic (exact) mass is 760 g/mol. The Labute approximate surface area is 311 Å². The zero-order valence-corrected chi connectivity index (χ0v) is 30.2. The molecule has 7 nitrogen and oxygen atoms in total. The molecule has 0 spiro atoms. The van der Waals surface area contributed by atoms with Crippen LogP contribution < -0.4 is 4.74 Å². The number of nitrogens with zero attached hydrogens (tertiary/aromatic N) is 4. The minimum Gasteiger partial charge on any atom is -0.493 e. The Morgan fingerprint density at radius 3 is 2.02 bits per heavy atom. The maximum Gasteiger partial charge on any atom is 0.416 e. The lowest BCUT2D eigenvalue weighted by Crippen LogP contribution is -2.46. The lowest BCUT2D eigenvalue weighted by Gasteiger charge is -2.34. The molecule has 0 aromatic heterocycles. The molecule has 270 valence electrons. The number of benzene rings is 4. The molecule has 51 heavy (non-hydrogen) atoms. The normalized spacial score (nSPS) is 18.3. The van der Waals surface area contributed by atoms with Crippen LogP contribution in [0, 0.1) is 0 Å². The van der Waals surface area contributed by atoms with E-state index in [2.05, 4.69) is 9.80 Å². The first-order valence-electron chi connectivity index (χ1n) is 16.5. The Morgan fingerprint density at radius 1 is 0.863 bits per heavy atom. The van der Waals surface area contributed by atoms with Crippen molar-refractivity contribution >= 4 is 47.4 Å². The first-order valence-corrected chi connectivity index (χ1v) is 17.2. The van der Waals surface area contributed by atoms with Crippen LogP contribution in [-0.2, 0) is 12.7 Å². The van der Waals surface area contributed by atoms with E-state index >= 15 is 0 Å². The Hall–Kier alpha value is -3.64. The molecule has 0 aliphatic carbocycles. The lowest BCUT2D eigenvalue weighted by molar-refractivity contribution is -0.137. The van der Waals surface area contributed by atoms with Gasteiger partial charge in [-0.05, 0) is 78.2 Å². The van der Waals surface area contributed by atoms with Crippen LogP contribution in [0.25, 0.3) is 0 Å². The molecule has 4 aromatic carbocycles. The molecule has 0 radical (unpaired) electrons. The van der Waals surface area contributed by atoms with Crippen molar-refractivity contribution in [3.63, 3.8) is 0 Å². The topological polar surface area (TPSA) is 68.6 Å². The summed E-state index contributed by atoms with van der Waals surface area (Å²) in [5.41, 5.74) is 1.98. The molecule has 2 unspecified atom stereocenters. The van der Waals surface area contributed by atoms with Crippen LogP contribution >= 0.6 is 35.6 Å². The van der Waals surface area contributed by atoms with E-state index in [9.17, 15) is 23.1 Å². The van der Waals surface area contributed by atoms with E-state index in [4.69, 9.17) is 32.9 Å². The summed E-state index contributed by atoms with van der Waals surface area (Å²) in [7, 11) is 0. The molecule has 2 heterocycles. The highest BCUT2D eigenvalue weighted by Gasteiger charge is 2.44. The molecular formula is C38H38Cl3F3N4O3. The Bertz CT molecular complexity index is 1820. The molecule has 2 atom stereocenters. The van der Waals surface area contributed by atoms with Gasteiger partial charge in [-0.1, -0.05) is 59.6 Å². The maximum absolute atomic E-state index is 14.8. The van der Waals surface area contributed by atoms with Gasteiger partial charge in [0.25, 0.3) is 5.91 Å². The van der Waals surface area contributed by atoms with Crippen molar-refractivity contribution < 1.29 is 27.8 Å². The molecule has 0 bridgehead atoms. The van der Waals surface area contributed by atoms with Crippen LogP contribution in [0.15, 0.2) is 96.0 Å². The fourth-order valence-corrected chi connectivity index (χ4v) is 6.74. The summed E-state index contributed by atoms with van der Waals surface area (Å²) in [6.45, 7) is 6.90. The van der Waals surface area contributed by atoms with E-state index in [0.29, 0.717) is 34.3 Å². The predicted molar refractivity (Wildman–Crippen MR) is 196 cm³/mol. The van der Waals surface area contributed by atoms with E-state index in [0.717, 1.165) is 49.4 Å². The maximum atomic E-state index is 14.8. The molecule has 1 saturated heterocycles. The second kappa shape index (κ2) is 16.8. The molecule has 6 rings (SSSR count). The highest BCUT2D eigenvalue weighted by molar-refractivity contribution is 6.30. The third kappa shape index (κ3) is 8.88. The minimum atomic E-state index is -4.64. The SMILES string of the molecule is CCOc1ccc(C(F)(F)F)cc1C1=NC(c2ccc(Cl)cc2)C(c2ccc(Cl)cc2)N1C(=O)c1ccc(CN2CCN(CCO)CC2)cc1.Cl. The third-order valence-electron chi connectivity index (χ3n) is 9.04. The van der Waals surface area contributed by atoms with Crippen LogP contribution in [0.4, 0.5) is 13.2 Å².